The highest BCUT2D eigenvalue weighted by atomic mass is 19.4. The molecule has 0 aliphatic carbocycles. The summed E-state index contributed by atoms with van der Waals surface area (Å²) in [7, 11) is 0. The third kappa shape index (κ3) is 5.08. The lowest BCUT2D eigenvalue weighted by Gasteiger charge is -2.27. The second kappa shape index (κ2) is 8.70. The fraction of sp³-hybridized carbons (Fsp3) is 0.350. The molecule has 150 valence electrons. The number of halogens is 4. The van der Waals surface area contributed by atoms with Crippen LogP contribution >= 0.6 is 0 Å². The summed E-state index contributed by atoms with van der Waals surface area (Å²) in [5.41, 5.74) is -0.340. The molecule has 1 aliphatic rings. The Bertz CT molecular complexity index is 832. The first-order valence-corrected chi connectivity index (χ1v) is 9.03. The molecule has 1 saturated heterocycles. The van der Waals surface area contributed by atoms with E-state index < -0.39 is 23.5 Å². The van der Waals surface area contributed by atoms with Gasteiger partial charge in [0.2, 0.25) is 0 Å². The zero-order valence-corrected chi connectivity index (χ0v) is 15.2. The first-order chi connectivity index (χ1) is 13.3. The molecular formula is C20H21F4N3O. The van der Waals surface area contributed by atoms with E-state index in [2.05, 4.69) is 15.5 Å². The van der Waals surface area contributed by atoms with E-state index in [4.69, 9.17) is 0 Å². The Morgan fingerprint density at radius 3 is 2.57 bits per heavy atom. The zero-order valence-electron chi connectivity index (χ0n) is 15.2. The predicted octanol–water partition coefficient (Wildman–Crippen LogP) is 3.15. The Morgan fingerprint density at radius 2 is 1.86 bits per heavy atom. The van der Waals surface area contributed by atoms with Gasteiger partial charge in [-0.25, -0.2) is 4.39 Å². The summed E-state index contributed by atoms with van der Waals surface area (Å²) >= 11 is 0. The quantitative estimate of drug-likeness (QED) is 0.765. The number of piperazine rings is 1. The highest BCUT2D eigenvalue weighted by Crippen LogP contribution is 2.33. The molecule has 0 spiro atoms. The van der Waals surface area contributed by atoms with Crippen molar-refractivity contribution in [2.75, 3.05) is 39.3 Å². The van der Waals surface area contributed by atoms with Crippen LogP contribution in [-0.4, -0.2) is 50.1 Å². The standard InChI is InChI=1S/C20H21F4N3O/c21-16-4-5-17(14-2-1-3-15(12-14)20(22,23)24)18(13-16)19(28)26-8-11-27-9-6-25-7-10-27/h1-5,12-13,25H,6-11H2,(H,26,28). The highest BCUT2D eigenvalue weighted by Gasteiger charge is 2.30. The molecule has 0 unspecified atom stereocenters. The van der Waals surface area contributed by atoms with Crippen LogP contribution in [0.1, 0.15) is 15.9 Å². The largest absolute Gasteiger partial charge is 0.416 e. The molecule has 3 rings (SSSR count). The summed E-state index contributed by atoms with van der Waals surface area (Å²) in [5, 5.41) is 5.97. The minimum absolute atomic E-state index is 0.0136. The SMILES string of the molecule is O=C(NCCN1CCNCC1)c1cc(F)ccc1-c1cccc(C(F)(F)F)c1. The summed E-state index contributed by atoms with van der Waals surface area (Å²) in [4.78, 5) is 14.8. The van der Waals surface area contributed by atoms with Crippen LogP contribution in [0.5, 0.6) is 0 Å². The van der Waals surface area contributed by atoms with Gasteiger partial charge in [0.25, 0.3) is 5.91 Å². The van der Waals surface area contributed by atoms with Crippen molar-refractivity contribution in [2.24, 2.45) is 0 Å². The maximum atomic E-state index is 13.7. The third-order valence-electron chi connectivity index (χ3n) is 4.65. The van der Waals surface area contributed by atoms with Gasteiger partial charge in [0.05, 0.1) is 11.1 Å². The molecule has 0 aromatic heterocycles. The molecule has 2 aromatic carbocycles. The van der Waals surface area contributed by atoms with Crippen LogP contribution in [0.25, 0.3) is 11.1 Å². The van der Waals surface area contributed by atoms with Crippen molar-refractivity contribution in [1.82, 2.24) is 15.5 Å². The molecule has 0 radical (unpaired) electrons. The van der Waals surface area contributed by atoms with Gasteiger partial charge in [0, 0.05) is 39.3 Å². The van der Waals surface area contributed by atoms with Crippen LogP contribution in [0.3, 0.4) is 0 Å². The van der Waals surface area contributed by atoms with E-state index in [0.717, 1.165) is 50.4 Å². The van der Waals surface area contributed by atoms with E-state index in [0.29, 0.717) is 13.1 Å². The van der Waals surface area contributed by atoms with Gasteiger partial charge in [-0.05, 0) is 35.4 Å². The number of rotatable bonds is 5. The van der Waals surface area contributed by atoms with E-state index in [-0.39, 0.29) is 16.7 Å². The molecule has 0 saturated carbocycles. The number of hydrogen-bond donors (Lipinski definition) is 2. The van der Waals surface area contributed by atoms with Gasteiger partial charge in [0.1, 0.15) is 5.82 Å². The smallest absolute Gasteiger partial charge is 0.351 e. The van der Waals surface area contributed by atoms with Crippen molar-refractivity contribution in [1.29, 1.82) is 0 Å². The van der Waals surface area contributed by atoms with Gasteiger partial charge in [-0.2, -0.15) is 13.2 Å². The van der Waals surface area contributed by atoms with Gasteiger partial charge >= 0.3 is 6.18 Å². The molecule has 2 aromatic rings. The molecule has 0 bridgehead atoms. The molecule has 1 fully saturated rings. The van der Waals surface area contributed by atoms with E-state index >= 15 is 0 Å². The molecule has 1 aliphatic heterocycles. The minimum Gasteiger partial charge on any atom is -0.351 e. The summed E-state index contributed by atoms with van der Waals surface area (Å²) < 4.78 is 52.7. The fourth-order valence-electron chi connectivity index (χ4n) is 3.18. The Morgan fingerprint density at radius 1 is 1.11 bits per heavy atom. The fourth-order valence-corrected chi connectivity index (χ4v) is 3.18. The van der Waals surface area contributed by atoms with Crippen LogP contribution in [0.2, 0.25) is 0 Å². The zero-order chi connectivity index (χ0) is 20.1. The number of carbonyl (C=O) groups is 1. The molecule has 0 atom stereocenters. The van der Waals surface area contributed by atoms with Gasteiger partial charge < -0.3 is 10.6 Å². The number of amides is 1. The lowest BCUT2D eigenvalue weighted by atomic mass is 9.97. The number of nitrogens with one attached hydrogen (secondary N) is 2. The molecular weight excluding hydrogens is 374 g/mol. The van der Waals surface area contributed by atoms with Crippen molar-refractivity contribution < 1.29 is 22.4 Å². The summed E-state index contributed by atoms with van der Waals surface area (Å²) in [6.45, 7) is 4.56. The van der Waals surface area contributed by atoms with Gasteiger partial charge in [-0.15, -0.1) is 0 Å². The van der Waals surface area contributed by atoms with Crippen LogP contribution in [0.15, 0.2) is 42.5 Å². The Hall–Kier alpha value is -2.45. The molecule has 1 amide bonds. The Balaban J connectivity index is 1.78. The van der Waals surface area contributed by atoms with Gasteiger partial charge in [-0.1, -0.05) is 18.2 Å². The Labute approximate surface area is 160 Å². The molecule has 28 heavy (non-hydrogen) atoms. The number of alkyl halides is 3. The number of nitrogens with zero attached hydrogens (tertiary/aromatic N) is 1. The summed E-state index contributed by atoms with van der Waals surface area (Å²) in [6.07, 6.45) is -4.50. The lowest BCUT2D eigenvalue weighted by Crippen LogP contribution is -2.46. The Kier molecular flexibility index (Phi) is 6.31. The van der Waals surface area contributed by atoms with Crippen molar-refractivity contribution in [3.05, 3.63) is 59.4 Å². The second-order valence-corrected chi connectivity index (χ2v) is 6.62. The number of carbonyl (C=O) groups excluding carboxylic acids is 1. The number of hydrogen-bond acceptors (Lipinski definition) is 3. The van der Waals surface area contributed by atoms with Crippen molar-refractivity contribution in [2.45, 2.75) is 6.18 Å². The van der Waals surface area contributed by atoms with Gasteiger partial charge in [-0.3, -0.25) is 9.69 Å². The molecule has 2 N–H and O–H groups in total. The number of benzene rings is 2. The monoisotopic (exact) mass is 395 g/mol. The van der Waals surface area contributed by atoms with E-state index in [1.165, 1.54) is 18.2 Å². The summed E-state index contributed by atoms with van der Waals surface area (Å²) in [5.74, 6) is -1.13. The van der Waals surface area contributed by atoms with Gasteiger partial charge in [0.15, 0.2) is 0 Å². The van der Waals surface area contributed by atoms with E-state index in [1.807, 2.05) is 0 Å². The minimum atomic E-state index is -4.50. The van der Waals surface area contributed by atoms with Crippen molar-refractivity contribution in [3.63, 3.8) is 0 Å². The summed E-state index contributed by atoms with van der Waals surface area (Å²) in [6, 6.07) is 8.18. The normalized spacial score (nSPS) is 15.4. The highest BCUT2D eigenvalue weighted by molar-refractivity contribution is 6.01. The maximum Gasteiger partial charge on any atom is 0.416 e. The average molecular weight is 395 g/mol. The second-order valence-electron chi connectivity index (χ2n) is 6.62. The lowest BCUT2D eigenvalue weighted by molar-refractivity contribution is -0.137. The van der Waals surface area contributed by atoms with E-state index in [1.54, 1.807) is 0 Å². The molecule has 8 heteroatoms. The van der Waals surface area contributed by atoms with Crippen LogP contribution in [0.4, 0.5) is 17.6 Å². The topological polar surface area (TPSA) is 44.4 Å². The van der Waals surface area contributed by atoms with Crippen molar-refractivity contribution >= 4 is 5.91 Å². The predicted molar refractivity (Wildman–Crippen MR) is 98.5 cm³/mol. The maximum absolute atomic E-state index is 13.7. The average Bonchev–Trinajstić information content (AvgIpc) is 2.68. The third-order valence-corrected chi connectivity index (χ3v) is 4.65. The van der Waals surface area contributed by atoms with Crippen molar-refractivity contribution in [3.8, 4) is 11.1 Å². The van der Waals surface area contributed by atoms with Crippen LogP contribution in [-0.2, 0) is 6.18 Å². The first kappa shape index (κ1) is 20.3. The van der Waals surface area contributed by atoms with E-state index in [9.17, 15) is 22.4 Å². The molecule has 4 nitrogen and oxygen atoms in total. The van der Waals surface area contributed by atoms with Crippen LogP contribution in [0, 0.1) is 5.82 Å². The van der Waals surface area contributed by atoms with Crippen LogP contribution < -0.4 is 10.6 Å². The molecule has 1 heterocycles. The first-order valence-electron chi connectivity index (χ1n) is 9.03.